The SMILES string of the molecule is Brc1csc2cccc(OCCCCCCN3CCCCC3)c12. The van der Waals surface area contributed by atoms with Crippen molar-refractivity contribution in [2.75, 3.05) is 26.2 Å². The number of nitrogens with zero attached hydrogens (tertiary/aromatic N) is 1. The van der Waals surface area contributed by atoms with Gasteiger partial charge in [-0.05, 0) is 73.4 Å². The topological polar surface area (TPSA) is 12.5 Å². The summed E-state index contributed by atoms with van der Waals surface area (Å²) in [6, 6.07) is 6.31. The molecule has 0 unspecified atom stereocenters. The average Bonchev–Trinajstić information content (AvgIpc) is 2.97. The molecule has 0 spiro atoms. The first-order chi connectivity index (χ1) is 11.3. The lowest BCUT2D eigenvalue weighted by atomic mass is 10.1. The molecule has 23 heavy (non-hydrogen) atoms. The van der Waals surface area contributed by atoms with Gasteiger partial charge in [0.25, 0.3) is 0 Å². The van der Waals surface area contributed by atoms with Crippen LogP contribution in [-0.2, 0) is 0 Å². The Balaban J connectivity index is 1.32. The minimum atomic E-state index is 0.825. The molecule has 126 valence electrons. The molecule has 1 aliphatic rings. The second kappa shape index (κ2) is 9.05. The van der Waals surface area contributed by atoms with Crippen LogP contribution in [0.25, 0.3) is 10.1 Å². The lowest BCUT2D eigenvalue weighted by Crippen LogP contribution is -2.30. The van der Waals surface area contributed by atoms with Crippen molar-refractivity contribution >= 4 is 37.4 Å². The molecular weight excluding hydrogens is 370 g/mol. The van der Waals surface area contributed by atoms with E-state index < -0.39 is 0 Å². The summed E-state index contributed by atoms with van der Waals surface area (Å²) in [6.07, 6.45) is 9.32. The maximum absolute atomic E-state index is 6.02. The van der Waals surface area contributed by atoms with Gasteiger partial charge in [0.15, 0.2) is 0 Å². The van der Waals surface area contributed by atoms with Crippen molar-refractivity contribution in [1.82, 2.24) is 4.90 Å². The number of likely N-dealkylation sites (tertiary alicyclic amines) is 1. The molecular formula is C19H26BrNOS. The molecule has 1 aromatic carbocycles. The highest BCUT2D eigenvalue weighted by molar-refractivity contribution is 9.10. The third kappa shape index (κ3) is 4.94. The number of fused-ring (bicyclic) bond motifs is 1. The molecule has 0 atom stereocenters. The Hall–Kier alpha value is -0.580. The molecule has 1 fully saturated rings. The smallest absolute Gasteiger partial charge is 0.129 e. The Morgan fingerprint density at radius 3 is 2.74 bits per heavy atom. The van der Waals surface area contributed by atoms with Gasteiger partial charge in [-0.3, -0.25) is 0 Å². The van der Waals surface area contributed by atoms with Crippen molar-refractivity contribution in [2.45, 2.75) is 44.9 Å². The van der Waals surface area contributed by atoms with Crippen LogP contribution in [0.1, 0.15) is 44.9 Å². The number of thiophene rings is 1. The zero-order chi connectivity index (χ0) is 15.9. The van der Waals surface area contributed by atoms with E-state index in [0.717, 1.165) is 23.2 Å². The maximum atomic E-state index is 6.02. The first kappa shape index (κ1) is 17.2. The molecule has 2 nitrogen and oxygen atoms in total. The Morgan fingerprint density at radius 2 is 1.87 bits per heavy atom. The number of ether oxygens (including phenoxy) is 1. The Morgan fingerprint density at radius 1 is 1.04 bits per heavy atom. The zero-order valence-corrected chi connectivity index (χ0v) is 16.1. The fraction of sp³-hybridized carbons (Fsp3) is 0.579. The van der Waals surface area contributed by atoms with Gasteiger partial charge in [0.1, 0.15) is 5.75 Å². The van der Waals surface area contributed by atoms with E-state index in [1.54, 1.807) is 11.3 Å². The van der Waals surface area contributed by atoms with E-state index in [1.807, 2.05) is 0 Å². The van der Waals surface area contributed by atoms with Crippen molar-refractivity contribution in [2.24, 2.45) is 0 Å². The minimum Gasteiger partial charge on any atom is -0.493 e. The van der Waals surface area contributed by atoms with Gasteiger partial charge >= 0.3 is 0 Å². The van der Waals surface area contributed by atoms with Gasteiger partial charge in [-0.2, -0.15) is 0 Å². The van der Waals surface area contributed by atoms with Crippen molar-refractivity contribution in [3.63, 3.8) is 0 Å². The summed E-state index contributed by atoms with van der Waals surface area (Å²) in [5.74, 6) is 1.02. The largest absolute Gasteiger partial charge is 0.493 e. The van der Waals surface area contributed by atoms with Gasteiger partial charge in [-0.1, -0.05) is 25.3 Å². The van der Waals surface area contributed by atoms with Gasteiger partial charge in [0.2, 0.25) is 0 Å². The molecule has 4 heteroatoms. The Kier molecular flexibility index (Phi) is 6.79. The molecule has 2 heterocycles. The Bertz CT molecular complexity index is 606. The van der Waals surface area contributed by atoms with Crippen LogP contribution in [0.4, 0.5) is 0 Å². The molecule has 0 amide bonds. The summed E-state index contributed by atoms with van der Waals surface area (Å²) in [6.45, 7) is 4.76. The highest BCUT2D eigenvalue weighted by Gasteiger charge is 2.09. The highest BCUT2D eigenvalue weighted by atomic mass is 79.9. The number of rotatable bonds is 8. The number of benzene rings is 1. The first-order valence-corrected chi connectivity index (χ1v) is 10.5. The van der Waals surface area contributed by atoms with E-state index in [2.05, 4.69) is 44.4 Å². The van der Waals surface area contributed by atoms with Crippen molar-refractivity contribution in [3.05, 3.63) is 28.1 Å². The summed E-state index contributed by atoms with van der Waals surface area (Å²) in [5.41, 5.74) is 0. The van der Waals surface area contributed by atoms with Crippen LogP contribution in [0.15, 0.2) is 28.1 Å². The predicted octanol–water partition coefficient (Wildman–Crippen LogP) is 6.09. The number of halogens is 1. The van der Waals surface area contributed by atoms with E-state index in [-0.39, 0.29) is 0 Å². The van der Waals surface area contributed by atoms with Gasteiger partial charge < -0.3 is 9.64 Å². The van der Waals surface area contributed by atoms with Crippen LogP contribution in [0.5, 0.6) is 5.75 Å². The second-order valence-electron chi connectivity index (χ2n) is 6.38. The third-order valence-corrected chi connectivity index (χ3v) is 6.47. The van der Waals surface area contributed by atoms with Crippen LogP contribution in [0.3, 0.4) is 0 Å². The maximum Gasteiger partial charge on any atom is 0.129 e. The van der Waals surface area contributed by atoms with E-state index in [4.69, 9.17) is 4.74 Å². The molecule has 3 rings (SSSR count). The van der Waals surface area contributed by atoms with Crippen molar-refractivity contribution in [1.29, 1.82) is 0 Å². The number of hydrogen-bond donors (Lipinski definition) is 0. The highest BCUT2D eigenvalue weighted by Crippen LogP contribution is 2.37. The molecule has 0 aliphatic carbocycles. The van der Waals surface area contributed by atoms with Gasteiger partial charge in [-0.25, -0.2) is 0 Å². The quantitative estimate of drug-likeness (QED) is 0.501. The Labute approximate surface area is 152 Å². The van der Waals surface area contributed by atoms with Gasteiger partial charge in [0, 0.05) is 19.9 Å². The van der Waals surface area contributed by atoms with Gasteiger partial charge in [0.05, 0.1) is 6.61 Å². The molecule has 2 aromatic rings. The van der Waals surface area contributed by atoms with E-state index in [9.17, 15) is 0 Å². The van der Waals surface area contributed by atoms with Crippen LogP contribution >= 0.6 is 27.3 Å². The van der Waals surface area contributed by atoms with E-state index in [0.29, 0.717) is 0 Å². The normalized spacial score (nSPS) is 16.0. The van der Waals surface area contributed by atoms with Crippen LogP contribution in [0.2, 0.25) is 0 Å². The van der Waals surface area contributed by atoms with E-state index >= 15 is 0 Å². The second-order valence-corrected chi connectivity index (χ2v) is 8.14. The molecule has 0 bridgehead atoms. The van der Waals surface area contributed by atoms with Crippen LogP contribution in [0, 0.1) is 0 Å². The fourth-order valence-corrected chi connectivity index (χ4v) is 4.95. The molecule has 0 N–H and O–H groups in total. The molecule has 0 radical (unpaired) electrons. The standard InChI is InChI=1S/C19H26BrNOS/c20-16-15-23-18-10-8-9-17(19(16)18)22-14-7-2-1-4-11-21-12-5-3-6-13-21/h8-10,15H,1-7,11-14H2. The van der Waals surface area contributed by atoms with E-state index in [1.165, 1.54) is 68.2 Å². The molecule has 1 aliphatic heterocycles. The van der Waals surface area contributed by atoms with Crippen molar-refractivity contribution < 1.29 is 4.74 Å². The summed E-state index contributed by atoms with van der Waals surface area (Å²) >= 11 is 5.38. The molecule has 1 aromatic heterocycles. The monoisotopic (exact) mass is 395 g/mol. The number of piperidine rings is 1. The van der Waals surface area contributed by atoms with Crippen LogP contribution < -0.4 is 4.74 Å². The summed E-state index contributed by atoms with van der Waals surface area (Å²) < 4.78 is 8.46. The predicted molar refractivity (Wildman–Crippen MR) is 104 cm³/mol. The fourth-order valence-electron chi connectivity index (χ4n) is 3.30. The first-order valence-electron chi connectivity index (χ1n) is 8.85. The summed E-state index contributed by atoms with van der Waals surface area (Å²) in [5, 5.41) is 3.36. The summed E-state index contributed by atoms with van der Waals surface area (Å²) in [7, 11) is 0. The van der Waals surface area contributed by atoms with Crippen LogP contribution in [-0.4, -0.2) is 31.1 Å². The average molecular weight is 396 g/mol. The lowest BCUT2D eigenvalue weighted by Gasteiger charge is -2.26. The molecule has 1 saturated heterocycles. The number of hydrogen-bond acceptors (Lipinski definition) is 3. The number of unbranched alkanes of at least 4 members (excludes halogenated alkanes) is 3. The van der Waals surface area contributed by atoms with Gasteiger partial charge in [-0.15, -0.1) is 11.3 Å². The molecule has 0 saturated carbocycles. The minimum absolute atomic E-state index is 0.825. The lowest BCUT2D eigenvalue weighted by molar-refractivity contribution is 0.223. The summed E-state index contributed by atoms with van der Waals surface area (Å²) in [4.78, 5) is 2.63. The third-order valence-electron chi connectivity index (χ3n) is 4.59. The van der Waals surface area contributed by atoms with Crippen molar-refractivity contribution in [3.8, 4) is 5.75 Å². The zero-order valence-electron chi connectivity index (χ0n) is 13.7.